The van der Waals surface area contributed by atoms with E-state index in [0.29, 0.717) is 12.0 Å². The molecule has 7 heteroatoms. The van der Waals surface area contributed by atoms with Crippen molar-refractivity contribution < 1.29 is 5.11 Å². The summed E-state index contributed by atoms with van der Waals surface area (Å²) in [5.41, 5.74) is 2.87. The molecule has 1 aliphatic rings. The lowest BCUT2D eigenvalue weighted by Gasteiger charge is -2.14. The first kappa shape index (κ1) is 16.4. The first-order valence-corrected chi connectivity index (χ1v) is 7.43. The third-order valence-corrected chi connectivity index (χ3v) is 3.62. The predicted molar refractivity (Wildman–Crippen MR) is 89.4 cm³/mol. The quantitative estimate of drug-likeness (QED) is 0.673. The summed E-state index contributed by atoms with van der Waals surface area (Å²) in [5.74, 6) is 1.47. The Morgan fingerprint density at radius 2 is 2.00 bits per heavy atom. The molecule has 3 rings (SSSR count). The van der Waals surface area contributed by atoms with Crippen LogP contribution in [0.3, 0.4) is 0 Å². The molecular weight excluding hydrogens is 280 g/mol. The lowest BCUT2D eigenvalue weighted by atomic mass is 10.1. The van der Waals surface area contributed by atoms with E-state index in [0.717, 1.165) is 54.7 Å². The number of aliphatic hydroxyl groups excluding tert-OH is 1. The topological polar surface area (TPSA) is 95.0 Å². The predicted octanol–water partition coefficient (Wildman–Crippen LogP) is 1.07. The van der Waals surface area contributed by atoms with Gasteiger partial charge in [0.25, 0.3) is 0 Å². The lowest BCUT2D eigenvalue weighted by Crippen LogP contribution is -2.23. The average molecular weight is 304 g/mol. The van der Waals surface area contributed by atoms with E-state index in [1.54, 1.807) is 0 Å². The Balaban J connectivity index is 0.000000847. The van der Waals surface area contributed by atoms with Crippen LogP contribution in [0.5, 0.6) is 0 Å². The van der Waals surface area contributed by atoms with Crippen molar-refractivity contribution in [2.45, 2.75) is 26.3 Å². The molecular formula is C15H24N6O. The van der Waals surface area contributed by atoms with Crippen molar-refractivity contribution in [2.24, 2.45) is 0 Å². The van der Waals surface area contributed by atoms with E-state index in [9.17, 15) is 0 Å². The van der Waals surface area contributed by atoms with Crippen molar-refractivity contribution in [3.05, 3.63) is 17.3 Å². The maximum absolute atomic E-state index is 7.00. The number of aryl methyl sites for hydroxylation is 2. The third kappa shape index (κ3) is 3.42. The zero-order valence-corrected chi connectivity index (χ0v) is 13.6. The van der Waals surface area contributed by atoms with Crippen LogP contribution in [0.2, 0.25) is 0 Å². The molecule has 7 nitrogen and oxygen atoms in total. The van der Waals surface area contributed by atoms with Crippen molar-refractivity contribution in [1.29, 1.82) is 0 Å². The number of nitrogens with zero attached hydrogens (tertiary/aromatic N) is 3. The van der Waals surface area contributed by atoms with E-state index in [2.05, 4.69) is 43.9 Å². The highest BCUT2D eigenvalue weighted by Crippen LogP contribution is 2.25. The van der Waals surface area contributed by atoms with E-state index in [-0.39, 0.29) is 0 Å². The van der Waals surface area contributed by atoms with E-state index in [1.165, 1.54) is 0 Å². The standard InChI is InChI=1S/C14H20N6.CH4O/c1-8-6-9(2)17-13-11(8)12(15-3)19-14(20-13)18-10-4-5-16-7-10;1-2/h6,10,16H,4-5,7H2,1-3H3,(H2,15,17,18,19,20);2H,1H3. The van der Waals surface area contributed by atoms with Gasteiger partial charge in [0, 0.05) is 32.4 Å². The molecule has 4 N–H and O–H groups in total. The summed E-state index contributed by atoms with van der Waals surface area (Å²) < 4.78 is 0. The Morgan fingerprint density at radius 1 is 1.23 bits per heavy atom. The number of rotatable bonds is 3. The van der Waals surface area contributed by atoms with Crippen molar-refractivity contribution in [3.8, 4) is 0 Å². The van der Waals surface area contributed by atoms with Crippen molar-refractivity contribution in [3.63, 3.8) is 0 Å². The van der Waals surface area contributed by atoms with Crippen LogP contribution in [-0.4, -0.2) is 53.3 Å². The van der Waals surface area contributed by atoms with E-state index in [4.69, 9.17) is 5.11 Å². The monoisotopic (exact) mass is 304 g/mol. The molecule has 0 radical (unpaired) electrons. The fourth-order valence-electron chi connectivity index (χ4n) is 2.68. The Labute approximate surface area is 130 Å². The largest absolute Gasteiger partial charge is 0.400 e. The molecule has 1 aliphatic heterocycles. The van der Waals surface area contributed by atoms with Gasteiger partial charge >= 0.3 is 0 Å². The molecule has 0 bridgehead atoms. The molecule has 120 valence electrons. The lowest BCUT2D eigenvalue weighted by molar-refractivity contribution is 0.399. The summed E-state index contributed by atoms with van der Waals surface area (Å²) in [6.45, 7) is 6.05. The van der Waals surface area contributed by atoms with Gasteiger partial charge in [-0.2, -0.15) is 9.97 Å². The Bertz CT molecular complexity index is 639. The van der Waals surface area contributed by atoms with Crippen LogP contribution in [0.25, 0.3) is 11.0 Å². The minimum atomic E-state index is 0.392. The maximum Gasteiger partial charge on any atom is 0.226 e. The van der Waals surface area contributed by atoms with Gasteiger partial charge < -0.3 is 21.1 Å². The van der Waals surface area contributed by atoms with Gasteiger partial charge in [-0.25, -0.2) is 4.98 Å². The molecule has 2 aromatic heterocycles. The van der Waals surface area contributed by atoms with Crippen LogP contribution in [0.4, 0.5) is 11.8 Å². The Hall–Kier alpha value is -1.99. The average Bonchev–Trinajstić information content (AvgIpc) is 3.00. The summed E-state index contributed by atoms with van der Waals surface area (Å²) >= 11 is 0. The fraction of sp³-hybridized carbons (Fsp3) is 0.533. The van der Waals surface area contributed by atoms with Gasteiger partial charge in [0.05, 0.1) is 5.39 Å². The molecule has 1 atom stereocenters. The number of aromatic nitrogens is 3. The first-order valence-electron chi connectivity index (χ1n) is 7.43. The minimum absolute atomic E-state index is 0.392. The number of fused-ring (bicyclic) bond motifs is 1. The molecule has 2 aromatic rings. The Kier molecular flexibility index (Phi) is 5.46. The molecule has 1 fully saturated rings. The number of hydrogen-bond donors (Lipinski definition) is 4. The van der Waals surface area contributed by atoms with Crippen molar-refractivity contribution >= 4 is 22.8 Å². The number of aliphatic hydroxyl groups is 1. The highest BCUT2D eigenvalue weighted by Gasteiger charge is 2.17. The van der Waals surface area contributed by atoms with Gasteiger partial charge in [0.1, 0.15) is 5.82 Å². The normalized spacial score (nSPS) is 17.0. The van der Waals surface area contributed by atoms with Gasteiger partial charge in [-0.15, -0.1) is 0 Å². The van der Waals surface area contributed by atoms with Crippen molar-refractivity contribution in [1.82, 2.24) is 20.3 Å². The second-order valence-corrected chi connectivity index (χ2v) is 5.26. The van der Waals surface area contributed by atoms with Crippen LogP contribution >= 0.6 is 0 Å². The molecule has 0 aliphatic carbocycles. The van der Waals surface area contributed by atoms with E-state index >= 15 is 0 Å². The van der Waals surface area contributed by atoms with Gasteiger partial charge in [-0.1, -0.05) is 0 Å². The zero-order chi connectivity index (χ0) is 16.1. The second kappa shape index (κ2) is 7.33. The maximum atomic E-state index is 7.00. The first-order chi connectivity index (χ1) is 10.7. The molecule has 0 aromatic carbocycles. The minimum Gasteiger partial charge on any atom is -0.400 e. The molecule has 0 amide bonds. The van der Waals surface area contributed by atoms with Gasteiger partial charge in [-0.3, -0.25) is 0 Å². The summed E-state index contributed by atoms with van der Waals surface area (Å²) in [5, 5.41) is 17.9. The number of pyridine rings is 1. The van der Waals surface area contributed by atoms with Crippen LogP contribution in [0.15, 0.2) is 6.07 Å². The highest BCUT2D eigenvalue weighted by molar-refractivity contribution is 5.90. The summed E-state index contributed by atoms with van der Waals surface area (Å²) in [6, 6.07) is 2.45. The fourth-order valence-corrected chi connectivity index (χ4v) is 2.68. The third-order valence-electron chi connectivity index (χ3n) is 3.62. The molecule has 1 saturated heterocycles. The molecule has 3 heterocycles. The van der Waals surface area contributed by atoms with Crippen molar-refractivity contribution in [2.75, 3.05) is 37.9 Å². The van der Waals surface area contributed by atoms with Crippen LogP contribution < -0.4 is 16.0 Å². The number of hydrogen-bond acceptors (Lipinski definition) is 7. The summed E-state index contributed by atoms with van der Waals surface area (Å²) in [6.07, 6.45) is 1.09. The summed E-state index contributed by atoms with van der Waals surface area (Å²) in [4.78, 5) is 13.7. The number of nitrogens with one attached hydrogen (secondary N) is 3. The SMILES string of the molecule is CNc1nc(NC2CCNC2)nc2nc(C)cc(C)c12.CO. The zero-order valence-electron chi connectivity index (χ0n) is 13.6. The molecule has 0 saturated carbocycles. The van der Waals surface area contributed by atoms with E-state index < -0.39 is 0 Å². The van der Waals surface area contributed by atoms with Crippen LogP contribution in [-0.2, 0) is 0 Å². The van der Waals surface area contributed by atoms with Crippen LogP contribution in [0.1, 0.15) is 17.7 Å². The van der Waals surface area contributed by atoms with Gasteiger partial charge in [0.2, 0.25) is 5.95 Å². The highest BCUT2D eigenvalue weighted by atomic mass is 16.2. The smallest absolute Gasteiger partial charge is 0.226 e. The van der Waals surface area contributed by atoms with Crippen LogP contribution in [0, 0.1) is 13.8 Å². The number of anilines is 2. The molecule has 1 unspecified atom stereocenters. The molecule has 0 spiro atoms. The Morgan fingerprint density at radius 3 is 2.64 bits per heavy atom. The van der Waals surface area contributed by atoms with Gasteiger partial charge in [0.15, 0.2) is 5.65 Å². The van der Waals surface area contributed by atoms with E-state index in [1.807, 2.05) is 14.0 Å². The summed E-state index contributed by atoms with van der Waals surface area (Å²) in [7, 11) is 2.88. The van der Waals surface area contributed by atoms with Gasteiger partial charge in [-0.05, 0) is 38.4 Å². The molecule has 22 heavy (non-hydrogen) atoms. The second-order valence-electron chi connectivity index (χ2n) is 5.26.